The zero-order valence-corrected chi connectivity index (χ0v) is 10.5. The zero-order valence-electron chi connectivity index (χ0n) is 10.5. The van der Waals surface area contributed by atoms with E-state index in [2.05, 4.69) is 55.2 Å². The minimum Gasteiger partial charge on any atom is -0.350 e. The number of aromatic nitrogens is 1. The van der Waals surface area contributed by atoms with Crippen molar-refractivity contribution in [1.29, 1.82) is 0 Å². The van der Waals surface area contributed by atoms with Gasteiger partial charge in [-0.3, -0.25) is 0 Å². The zero-order chi connectivity index (χ0) is 11.7. The molecular weight excluding hydrogens is 196 g/mol. The quantitative estimate of drug-likeness (QED) is 0.834. The average molecular weight is 216 g/mol. The van der Waals surface area contributed by atoms with E-state index in [1.165, 1.54) is 22.0 Å². The van der Waals surface area contributed by atoms with E-state index in [1.807, 2.05) is 7.05 Å². The molecule has 0 spiro atoms. The molecule has 0 aliphatic carbocycles. The van der Waals surface area contributed by atoms with Crippen LogP contribution in [0.1, 0.15) is 18.1 Å². The predicted octanol–water partition coefficient (Wildman–Crippen LogP) is 2.64. The highest BCUT2D eigenvalue weighted by molar-refractivity contribution is 5.84. The average Bonchev–Trinajstić information content (AvgIpc) is 2.55. The minimum absolute atomic E-state index is 0.520. The summed E-state index contributed by atoms with van der Waals surface area (Å²) in [6.45, 7) is 4.37. The standard InChI is InChI=1S/C14H20N2/c1-10-5-6-14-13(7-10)12(9-16(14)4)8-11(2)15-3/h5-7,9,11,15H,8H2,1-4H3. The molecule has 0 saturated carbocycles. The minimum atomic E-state index is 0.520. The summed E-state index contributed by atoms with van der Waals surface area (Å²) in [4.78, 5) is 0. The van der Waals surface area contributed by atoms with Gasteiger partial charge in [-0.05, 0) is 45.0 Å². The van der Waals surface area contributed by atoms with Crippen LogP contribution in [-0.2, 0) is 13.5 Å². The lowest BCUT2D eigenvalue weighted by atomic mass is 10.0. The van der Waals surface area contributed by atoms with Crippen LogP contribution in [0.5, 0.6) is 0 Å². The van der Waals surface area contributed by atoms with E-state index in [4.69, 9.17) is 0 Å². The first-order valence-electron chi connectivity index (χ1n) is 5.83. The van der Waals surface area contributed by atoms with Gasteiger partial charge >= 0.3 is 0 Å². The predicted molar refractivity (Wildman–Crippen MR) is 69.9 cm³/mol. The summed E-state index contributed by atoms with van der Waals surface area (Å²) in [6.07, 6.45) is 3.33. The number of benzene rings is 1. The van der Waals surface area contributed by atoms with Crippen molar-refractivity contribution >= 4 is 10.9 Å². The highest BCUT2D eigenvalue weighted by Gasteiger charge is 2.09. The first kappa shape index (κ1) is 11.2. The Hall–Kier alpha value is -1.28. The van der Waals surface area contributed by atoms with Gasteiger partial charge in [-0.15, -0.1) is 0 Å². The number of nitrogens with zero attached hydrogens (tertiary/aromatic N) is 1. The number of fused-ring (bicyclic) bond motifs is 1. The van der Waals surface area contributed by atoms with Crippen molar-refractivity contribution in [2.24, 2.45) is 7.05 Å². The van der Waals surface area contributed by atoms with E-state index in [0.717, 1.165) is 6.42 Å². The Morgan fingerprint density at radius 2 is 2.12 bits per heavy atom. The maximum atomic E-state index is 3.29. The van der Waals surface area contributed by atoms with E-state index in [1.54, 1.807) is 0 Å². The lowest BCUT2D eigenvalue weighted by molar-refractivity contribution is 0.609. The largest absolute Gasteiger partial charge is 0.350 e. The Morgan fingerprint density at radius 3 is 2.81 bits per heavy atom. The van der Waals surface area contributed by atoms with Crippen molar-refractivity contribution in [1.82, 2.24) is 9.88 Å². The number of likely N-dealkylation sites (N-methyl/N-ethyl adjacent to an activating group) is 1. The van der Waals surface area contributed by atoms with Gasteiger partial charge in [0.1, 0.15) is 0 Å². The SMILES string of the molecule is CNC(C)Cc1cn(C)c2ccc(C)cc12. The fraction of sp³-hybridized carbons (Fsp3) is 0.429. The summed E-state index contributed by atoms with van der Waals surface area (Å²) in [6, 6.07) is 7.19. The van der Waals surface area contributed by atoms with E-state index in [9.17, 15) is 0 Å². The maximum absolute atomic E-state index is 3.29. The van der Waals surface area contributed by atoms with Gasteiger partial charge in [0, 0.05) is 30.2 Å². The number of rotatable bonds is 3. The van der Waals surface area contributed by atoms with E-state index >= 15 is 0 Å². The fourth-order valence-corrected chi connectivity index (χ4v) is 2.18. The summed E-state index contributed by atoms with van der Waals surface area (Å²) in [5.41, 5.74) is 4.09. The molecule has 2 heteroatoms. The molecule has 0 fully saturated rings. The van der Waals surface area contributed by atoms with E-state index in [0.29, 0.717) is 6.04 Å². The van der Waals surface area contributed by atoms with Gasteiger partial charge in [0.05, 0.1) is 0 Å². The van der Waals surface area contributed by atoms with Crippen LogP contribution in [0.15, 0.2) is 24.4 Å². The van der Waals surface area contributed by atoms with Gasteiger partial charge in [0.25, 0.3) is 0 Å². The Labute approximate surface area is 97.3 Å². The number of aryl methyl sites for hydroxylation is 2. The molecule has 0 radical (unpaired) electrons. The number of hydrogen-bond acceptors (Lipinski definition) is 1. The van der Waals surface area contributed by atoms with Gasteiger partial charge < -0.3 is 9.88 Å². The molecule has 0 aliphatic heterocycles. The Morgan fingerprint density at radius 1 is 1.38 bits per heavy atom. The fourth-order valence-electron chi connectivity index (χ4n) is 2.18. The molecule has 0 amide bonds. The lowest BCUT2D eigenvalue weighted by Gasteiger charge is -2.08. The second-order valence-electron chi connectivity index (χ2n) is 4.68. The monoisotopic (exact) mass is 216 g/mol. The molecule has 2 nitrogen and oxygen atoms in total. The highest BCUT2D eigenvalue weighted by Crippen LogP contribution is 2.23. The van der Waals surface area contributed by atoms with E-state index in [-0.39, 0.29) is 0 Å². The van der Waals surface area contributed by atoms with Gasteiger partial charge in [-0.1, -0.05) is 11.6 Å². The van der Waals surface area contributed by atoms with Crippen molar-refractivity contribution < 1.29 is 0 Å². The van der Waals surface area contributed by atoms with Gasteiger partial charge in [0.15, 0.2) is 0 Å². The number of hydrogen-bond donors (Lipinski definition) is 1. The molecule has 86 valence electrons. The third-order valence-electron chi connectivity index (χ3n) is 3.25. The summed E-state index contributed by atoms with van der Waals surface area (Å²) in [5.74, 6) is 0. The summed E-state index contributed by atoms with van der Waals surface area (Å²) < 4.78 is 2.21. The second kappa shape index (κ2) is 4.30. The Balaban J connectivity index is 2.48. The highest BCUT2D eigenvalue weighted by atomic mass is 14.9. The van der Waals surface area contributed by atoms with Crippen LogP contribution in [0, 0.1) is 6.92 Å². The normalized spacial score (nSPS) is 13.2. The Bertz CT molecular complexity index is 497. The molecule has 1 aromatic carbocycles. The van der Waals surface area contributed by atoms with Crippen LogP contribution in [0.3, 0.4) is 0 Å². The molecule has 1 heterocycles. The van der Waals surface area contributed by atoms with Crippen LogP contribution in [0.2, 0.25) is 0 Å². The molecular formula is C14H20N2. The van der Waals surface area contributed by atoms with Crippen molar-refractivity contribution in [3.8, 4) is 0 Å². The van der Waals surface area contributed by atoms with Crippen molar-refractivity contribution in [3.05, 3.63) is 35.5 Å². The molecule has 0 saturated heterocycles. The van der Waals surface area contributed by atoms with Crippen LogP contribution < -0.4 is 5.32 Å². The summed E-state index contributed by atoms with van der Waals surface area (Å²) in [7, 11) is 4.13. The van der Waals surface area contributed by atoms with Crippen molar-refractivity contribution in [2.45, 2.75) is 26.3 Å². The summed E-state index contributed by atoms with van der Waals surface area (Å²) in [5, 5.41) is 4.69. The first-order chi connectivity index (χ1) is 7.61. The van der Waals surface area contributed by atoms with Gasteiger partial charge in [0.2, 0.25) is 0 Å². The summed E-state index contributed by atoms with van der Waals surface area (Å²) >= 11 is 0. The molecule has 2 aromatic rings. The third-order valence-corrected chi connectivity index (χ3v) is 3.25. The van der Waals surface area contributed by atoms with Gasteiger partial charge in [-0.25, -0.2) is 0 Å². The van der Waals surface area contributed by atoms with Crippen molar-refractivity contribution in [2.75, 3.05) is 7.05 Å². The topological polar surface area (TPSA) is 17.0 Å². The molecule has 16 heavy (non-hydrogen) atoms. The molecule has 0 aliphatic rings. The Kier molecular flexibility index (Phi) is 3.01. The van der Waals surface area contributed by atoms with Crippen LogP contribution in [0.4, 0.5) is 0 Å². The van der Waals surface area contributed by atoms with Crippen molar-refractivity contribution in [3.63, 3.8) is 0 Å². The molecule has 1 N–H and O–H groups in total. The van der Waals surface area contributed by atoms with Crippen LogP contribution in [-0.4, -0.2) is 17.7 Å². The molecule has 1 unspecified atom stereocenters. The number of nitrogens with one attached hydrogen (secondary N) is 1. The van der Waals surface area contributed by atoms with E-state index < -0.39 is 0 Å². The second-order valence-corrected chi connectivity index (χ2v) is 4.68. The molecule has 2 rings (SSSR count). The molecule has 1 atom stereocenters. The van der Waals surface area contributed by atoms with Crippen LogP contribution >= 0.6 is 0 Å². The molecule has 0 bridgehead atoms. The smallest absolute Gasteiger partial charge is 0.0480 e. The van der Waals surface area contributed by atoms with Crippen LogP contribution in [0.25, 0.3) is 10.9 Å². The van der Waals surface area contributed by atoms with Gasteiger partial charge in [-0.2, -0.15) is 0 Å². The lowest BCUT2D eigenvalue weighted by Crippen LogP contribution is -2.23. The first-order valence-corrected chi connectivity index (χ1v) is 5.83. The molecule has 1 aromatic heterocycles. The third kappa shape index (κ3) is 1.98. The maximum Gasteiger partial charge on any atom is 0.0480 e.